The van der Waals surface area contributed by atoms with Crippen LogP contribution in [0.1, 0.15) is 111 Å². The second-order valence-corrected chi connectivity index (χ2v) is 8.86. The summed E-state index contributed by atoms with van der Waals surface area (Å²) in [6.45, 7) is 7.06. The van der Waals surface area contributed by atoms with E-state index in [-0.39, 0.29) is 64.6 Å². The topological polar surface area (TPSA) is 77.1 Å². The van der Waals surface area contributed by atoms with Crippen LogP contribution in [0.4, 0.5) is 0 Å². The Labute approximate surface area is 215 Å². The van der Waals surface area contributed by atoms with Gasteiger partial charge in [-0.25, -0.2) is 9.78 Å². The summed E-state index contributed by atoms with van der Waals surface area (Å²) in [5, 5.41) is 0. The van der Waals surface area contributed by atoms with Crippen molar-refractivity contribution in [1.29, 1.82) is 0 Å². The summed E-state index contributed by atoms with van der Waals surface area (Å²) < 4.78 is 20.1. The molecule has 0 bridgehead atoms. The van der Waals surface area contributed by atoms with E-state index >= 15 is 0 Å². The van der Waals surface area contributed by atoms with E-state index in [4.69, 9.17) is 4.89 Å². The van der Waals surface area contributed by atoms with Gasteiger partial charge in [0.1, 0.15) is 0 Å². The van der Waals surface area contributed by atoms with E-state index < -0.39 is 7.82 Å². The standard InChI is InChI=1S/C20H43O6P.K/c1-4-5-6-7-8-9-10-11-12-15-18-23-25-27(21,22)26-24-19-16-13-14-17-20(2)3;/h20H,4-19H2,1-3H3,(H,21,22);/q;+1/p-1. The van der Waals surface area contributed by atoms with E-state index in [1.807, 2.05) is 0 Å². The van der Waals surface area contributed by atoms with Gasteiger partial charge >= 0.3 is 59.2 Å². The molecule has 0 spiro atoms. The summed E-state index contributed by atoms with van der Waals surface area (Å²) in [7, 11) is -4.54. The minimum Gasteiger partial charge on any atom is -0.753 e. The van der Waals surface area contributed by atoms with Gasteiger partial charge in [-0.15, -0.1) is 0 Å². The third kappa shape index (κ3) is 25.7. The van der Waals surface area contributed by atoms with Crippen molar-refractivity contribution >= 4 is 7.82 Å². The molecule has 0 saturated carbocycles. The predicted molar refractivity (Wildman–Crippen MR) is 107 cm³/mol. The monoisotopic (exact) mass is 448 g/mol. The van der Waals surface area contributed by atoms with E-state index in [0.717, 1.165) is 44.9 Å². The molecule has 0 radical (unpaired) electrons. The molecule has 0 aliphatic heterocycles. The van der Waals surface area contributed by atoms with Crippen LogP contribution in [-0.4, -0.2) is 13.2 Å². The van der Waals surface area contributed by atoms with E-state index in [0.29, 0.717) is 5.92 Å². The second-order valence-electron chi connectivity index (χ2n) is 7.67. The van der Waals surface area contributed by atoms with Crippen LogP contribution in [0.3, 0.4) is 0 Å². The van der Waals surface area contributed by atoms with Crippen molar-refractivity contribution < 1.29 is 80.0 Å². The zero-order valence-corrected chi connectivity index (χ0v) is 22.8. The van der Waals surface area contributed by atoms with Crippen molar-refractivity contribution in [1.82, 2.24) is 0 Å². The predicted octanol–water partition coefficient (Wildman–Crippen LogP) is 3.49. The van der Waals surface area contributed by atoms with Gasteiger partial charge in [0, 0.05) is 0 Å². The summed E-state index contributed by atoms with van der Waals surface area (Å²) in [5.74, 6) is 0.685. The van der Waals surface area contributed by atoms with Gasteiger partial charge < -0.3 is 4.89 Å². The quantitative estimate of drug-likeness (QED) is 0.0879. The maximum absolute atomic E-state index is 11.4. The summed E-state index contributed by atoms with van der Waals surface area (Å²) in [5.41, 5.74) is 0. The fourth-order valence-corrected chi connectivity index (χ4v) is 3.19. The summed E-state index contributed by atoms with van der Waals surface area (Å²) in [6, 6.07) is 0. The molecule has 0 saturated heterocycles. The molecule has 1 unspecified atom stereocenters. The Morgan fingerprint density at radius 1 is 0.714 bits per heavy atom. The van der Waals surface area contributed by atoms with Crippen LogP contribution in [0.2, 0.25) is 0 Å². The number of phosphoric acid groups is 1. The molecule has 0 fully saturated rings. The Kier molecular flexibility index (Phi) is 26.5. The van der Waals surface area contributed by atoms with E-state index in [2.05, 4.69) is 35.0 Å². The van der Waals surface area contributed by atoms with Crippen LogP contribution in [0, 0.1) is 5.92 Å². The Balaban J connectivity index is 0. The maximum atomic E-state index is 11.4. The molecule has 1 atom stereocenters. The molecular formula is C20H42KO6P. The Bertz CT molecular complexity index is 358. The zero-order chi connectivity index (χ0) is 20.2. The van der Waals surface area contributed by atoms with Crippen molar-refractivity contribution in [2.45, 2.75) is 111 Å². The Morgan fingerprint density at radius 3 is 1.54 bits per heavy atom. The van der Waals surface area contributed by atoms with Crippen LogP contribution >= 0.6 is 7.82 Å². The number of hydrogen-bond acceptors (Lipinski definition) is 6. The maximum Gasteiger partial charge on any atom is 1.00 e. The molecule has 0 aromatic heterocycles. The van der Waals surface area contributed by atoms with Gasteiger partial charge in [-0.2, -0.15) is 9.35 Å². The van der Waals surface area contributed by atoms with Crippen molar-refractivity contribution in [3.8, 4) is 0 Å². The van der Waals surface area contributed by atoms with Gasteiger partial charge in [-0.05, 0) is 18.8 Å². The zero-order valence-electron chi connectivity index (χ0n) is 18.8. The summed E-state index contributed by atoms with van der Waals surface area (Å²) in [4.78, 5) is 20.8. The molecule has 0 aromatic rings. The largest absolute Gasteiger partial charge is 1.00 e. The van der Waals surface area contributed by atoms with Crippen molar-refractivity contribution in [3.63, 3.8) is 0 Å². The normalized spacial score (nSPS) is 13.5. The van der Waals surface area contributed by atoms with Gasteiger partial charge in [0.2, 0.25) is 0 Å². The average molecular weight is 449 g/mol. The Morgan fingerprint density at radius 2 is 1.11 bits per heavy atom. The minimum absolute atomic E-state index is 0. The van der Waals surface area contributed by atoms with Gasteiger partial charge in [-0.1, -0.05) is 97.8 Å². The van der Waals surface area contributed by atoms with E-state index in [1.165, 1.54) is 44.9 Å². The third-order valence-corrected chi connectivity index (χ3v) is 4.95. The SMILES string of the molecule is CCCCCCCCCCCCOOP(=O)([O-])OOCCCCCC(C)C.[K+]. The van der Waals surface area contributed by atoms with E-state index in [1.54, 1.807) is 0 Å². The van der Waals surface area contributed by atoms with Gasteiger partial charge in [0.25, 0.3) is 0 Å². The fraction of sp³-hybridized carbons (Fsp3) is 1.00. The van der Waals surface area contributed by atoms with Gasteiger partial charge in [0.15, 0.2) is 0 Å². The fourth-order valence-electron chi connectivity index (χ4n) is 2.75. The molecule has 6 nitrogen and oxygen atoms in total. The first kappa shape index (κ1) is 31.8. The van der Waals surface area contributed by atoms with Crippen LogP contribution < -0.4 is 56.3 Å². The first-order valence-electron chi connectivity index (χ1n) is 10.9. The van der Waals surface area contributed by atoms with Crippen LogP contribution in [0.5, 0.6) is 0 Å². The summed E-state index contributed by atoms with van der Waals surface area (Å²) >= 11 is 0. The molecule has 164 valence electrons. The van der Waals surface area contributed by atoms with Gasteiger partial charge in [-0.3, -0.25) is 4.57 Å². The van der Waals surface area contributed by atoms with E-state index in [9.17, 15) is 9.46 Å². The van der Waals surface area contributed by atoms with Crippen LogP contribution in [-0.2, 0) is 23.7 Å². The van der Waals surface area contributed by atoms with Gasteiger partial charge in [0.05, 0.1) is 13.2 Å². The molecular weight excluding hydrogens is 406 g/mol. The average Bonchev–Trinajstić information content (AvgIpc) is 2.61. The van der Waals surface area contributed by atoms with Crippen LogP contribution in [0.25, 0.3) is 0 Å². The molecule has 8 heteroatoms. The summed E-state index contributed by atoms with van der Waals surface area (Å²) in [6.07, 6.45) is 16.1. The third-order valence-electron chi connectivity index (χ3n) is 4.38. The van der Waals surface area contributed by atoms with Crippen molar-refractivity contribution in [3.05, 3.63) is 0 Å². The Hall–Kier alpha value is 1.67. The molecule has 0 aliphatic carbocycles. The molecule has 0 heterocycles. The van der Waals surface area contributed by atoms with Crippen LogP contribution in [0.15, 0.2) is 0 Å². The number of unbranched alkanes of at least 4 members (excludes halogenated alkanes) is 11. The molecule has 0 rings (SSSR count). The van der Waals surface area contributed by atoms with Crippen molar-refractivity contribution in [2.24, 2.45) is 5.92 Å². The smallest absolute Gasteiger partial charge is 0.753 e. The molecule has 0 N–H and O–H groups in total. The first-order valence-corrected chi connectivity index (χ1v) is 12.4. The number of hydrogen-bond donors (Lipinski definition) is 0. The molecule has 0 aliphatic rings. The van der Waals surface area contributed by atoms with Crippen molar-refractivity contribution in [2.75, 3.05) is 13.2 Å². The minimum atomic E-state index is -4.54. The first-order chi connectivity index (χ1) is 13.0. The second kappa shape index (κ2) is 23.3. The molecule has 0 aromatic carbocycles. The molecule has 0 amide bonds. The number of rotatable bonds is 21. The molecule has 28 heavy (non-hydrogen) atoms.